The predicted octanol–water partition coefficient (Wildman–Crippen LogP) is 3.41. The number of rotatable bonds is 6. The topological polar surface area (TPSA) is 101 Å². The molecule has 28 heavy (non-hydrogen) atoms. The number of nitrogens with two attached hydrogens (primary N) is 1. The molecule has 1 amide bonds. The average Bonchev–Trinajstić information content (AvgIpc) is 2.66. The fourth-order valence-corrected chi connectivity index (χ4v) is 5.47. The third-order valence-electron chi connectivity index (χ3n) is 5.26. The van der Waals surface area contributed by atoms with E-state index in [2.05, 4.69) is 10.0 Å². The summed E-state index contributed by atoms with van der Waals surface area (Å²) < 4.78 is 29.1. The highest BCUT2D eigenvalue weighted by Gasteiger charge is 2.28. The van der Waals surface area contributed by atoms with Gasteiger partial charge >= 0.3 is 0 Å². The minimum Gasteiger partial charge on any atom is -0.329 e. The molecule has 3 rings (SSSR count). The van der Waals surface area contributed by atoms with Gasteiger partial charge in [-0.05, 0) is 30.9 Å². The molecule has 1 unspecified atom stereocenters. The van der Waals surface area contributed by atoms with Gasteiger partial charge in [-0.15, -0.1) is 12.4 Å². The Morgan fingerprint density at radius 1 is 1.11 bits per heavy atom. The maximum Gasteiger partial charge on any atom is 0.241 e. The SMILES string of the molecule is CC(=O)Nc1ccc(S(=O)(=O)NC(CN)C2CCCCC2)c2ccccc12.Cl. The first kappa shape index (κ1) is 22.6. The molecule has 154 valence electrons. The van der Waals surface area contributed by atoms with Crippen LogP contribution in [0.1, 0.15) is 39.0 Å². The van der Waals surface area contributed by atoms with E-state index in [0.29, 0.717) is 16.5 Å². The third-order valence-corrected chi connectivity index (χ3v) is 6.81. The van der Waals surface area contributed by atoms with E-state index >= 15 is 0 Å². The number of halogens is 1. The molecule has 0 bridgehead atoms. The van der Waals surface area contributed by atoms with Crippen LogP contribution in [-0.2, 0) is 14.8 Å². The number of nitrogens with one attached hydrogen (secondary N) is 2. The fourth-order valence-electron chi connectivity index (χ4n) is 3.94. The Morgan fingerprint density at radius 2 is 1.75 bits per heavy atom. The first-order valence-electron chi connectivity index (χ1n) is 9.44. The van der Waals surface area contributed by atoms with Crippen molar-refractivity contribution in [3.05, 3.63) is 36.4 Å². The standard InChI is InChI=1S/C20H27N3O3S.ClH/c1-14(24)22-18-11-12-20(17-10-6-5-9-16(17)18)27(25,26)23-19(13-21)15-7-3-2-4-8-15;/h5-6,9-12,15,19,23H,2-4,7-8,13,21H2,1H3,(H,22,24);1H. The van der Waals surface area contributed by atoms with E-state index in [1.807, 2.05) is 6.07 Å². The smallest absolute Gasteiger partial charge is 0.241 e. The number of hydrogen-bond donors (Lipinski definition) is 3. The highest BCUT2D eigenvalue weighted by atomic mass is 35.5. The van der Waals surface area contributed by atoms with Crippen molar-refractivity contribution in [2.45, 2.75) is 50.0 Å². The number of amides is 1. The Hall–Kier alpha value is -1.67. The molecule has 0 heterocycles. The van der Waals surface area contributed by atoms with E-state index in [-0.39, 0.29) is 41.7 Å². The van der Waals surface area contributed by atoms with Gasteiger partial charge in [-0.3, -0.25) is 4.79 Å². The molecule has 1 fully saturated rings. The van der Waals surface area contributed by atoms with Gasteiger partial charge in [-0.25, -0.2) is 13.1 Å². The number of benzene rings is 2. The van der Waals surface area contributed by atoms with Crippen molar-refractivity contribution in [3.8, 4) is 0 Å². The van der Waals surface area contributed by atoms with Crippen LogP contribution in [0.4, 0.5) is 5.69 Å². The summed E-state index contributed by atoms with van der Waals surface area (Å²) in [7, 11) is -3.74. The first-order chi connectivity index (χ1) is 12.9. The Bertz CT molecular complexity index is 927. The van der Waals surface area contributed by atoms with Crippen LogP contribution in [0.15, 0.2) is 41.3 Å². The molecule has 6 nitrogen and oxygen atoms in total. The van der Waals surface area contributed by atoms with Crippen LogP contribution in [0.3, 0.4) is 0 Å². The molecule has 1 atom stereocenters. The van der Waals surface area contributed by atoms with Crippen molar-refractivity contribution >= 4 is 44.8 Å². The number of fused-ring (bicyclic) bond motifs is 1. The number of carbonyl (C=O) groups is 1. The van der Waals surface area contributed by atoms with Gasteiger partial charge < -0.3 is 11.1 Å². The molecule has 0 radical (unpaired) electrons. The molecular weight excluding hydrogens is 398 g/mol. The van der Waals surface area contributed by atoms with Crippen molar-refractivity contribution < 1.29 is 13.2 Å². The van der Waals surface area contributed by atoms with Crippen LogP contribution in [-0.4, -0.2) is 26.9 Å². The van der Waals surface area contributed by atoms with Crippen molar-refractivity contribution in [1.29, 1.82) is 0 Å². The Kier molecular flexibility index (Phi) is 7.83. The highest BCUT2D eigenvalue weighted by molar-refractivity contribution is 7.89. The van der Waals surface area contributed by atoms with E-state index in [4.69, 9.17) is 5.73 Å². The van der Waals surface area contributed by atoms with E-state index in [0.717, 1.165) is 25.7 Å². The lowest BCUT2D eigenvalue weighted by atomic mass is 9.84. The summed E-state index contributed by atoms with van der Waals surface area (Å²) >= 11 is 0. The maximum absolute atomic E-state index is 13.1. The van der Waals surface area contributed by atoms with Gasteiger partial charge in [0.25, 0.3) is 0 Å². The lowest BCUT2D eigenvalue weighted by Crippen LogP contribution is -2.45. The van der Waals surface area contributed by atoms with Crippen molar-refractivity contribution in [3.63, 3.8) is 0 Å². The summed E-state index contributed by atoms with van der Waals surface area (Å²) in [6, 6.07) is 10.1. The number of anilines is 1. The van der Waals surface area contributed by atoms with Crippen molar-refractivity contribution in [1.82, 2.24) is 4.72 Å². The predicted molar refractivity (Wildman–Crippen MR) is 115 cm³/mol. The van der Waals surface area contributed by atoms with Crippen molar-refractivity contribution in [2.24, 2.45) is 11.7 Å². The zero-order valence-electron chi connectivity index (χ0n) is 16.0. The molecule has 0 saturated heterocycles. The van der Waals surface area contributed by atoms with E-state index in [1.54, 1.807) is 30.3 Å². The molecule has 2 aromatic rings. The van der Waals surface area contributed by atoms with Crippen LogP contribution < -0.4 is 15.8 Å². The van der Waals surface area contributed by atoms with Gasteiger partial charge in [0.05, 0.1) is 4.90 Å². The summed E-state index contributed by atoms with van der Waals surface area (Å²) in [5, 5.41) is 4.03. The van der Waals surface area contributed by atoms with Gasteiger partial charge in [-0.1, -0.05) is 43.5 Å². The monoisotopic (exact) mass is 425 g/mol. The molecule has 0 aliphatic heterocycles. The summed E-state index contributed by atoms with van der Waals surface area (Å²) in [6.45, 7) is 1.71. The van der Waals surface area contributed by atoms with Crippen LogP contribution in [0.2, 0.25) is 0 Å². The largest absolute Gasteiger partial charge is 0.329 e. The normalized spacial score (nSPS) is 16.4. The van der Waals surface area contributed by atoms with E-state index in [9.17, 15) is 13.2 Å². The van der Waals surface area contributed by atoms with Gasteiger partial charge in [0.1, 0.15) is 0 Å². The lowest BCUT2D eigenvalue weighted by molar-refractivity contribution is -0.114. The zero-order chi connectivity index (χ0) is 19.4. The molecule has 1 aliphatic carbocycles. The molecule has 1 saturated carbocycles. The third kappa shape index (κ3) is 5.03. The minimum atomic E-state index is -3.74. The summed E-state index contributed by atoms with van der Waals surface area (Å²) in [6.07, 6.45) is 5.46. The molecule has 0 aromatic heterocycles. The molecule has 8 heteroatoms. The highest BCUT2D eigenvalue weighted by Crippen LogP contribution is 2.31. The van der Waals surface area contributed by atoms with Gasteiger partial charge in [0.15, 0.2) is 0 Å². The molecule has 0 spiro atoms. The molecule has 4 N–H and O–H groups in total. The number of carbonyl (C=O) groups excluding carboxylic acids is 1. The van der Waals surface area contributed by atoms with Gasteiger partial charge in [0, 0.05) is 36.0 Å². The quantitative estimate of drug-likeness (QED) is 0.660. The van der Waals surface area contributed by atoms with Crippen LogP contribution in [0.5, 0.6) is 0 Å². The minimum absolute atomic E-state index is 0. The van der Waals surface area contributed by atoms with Gasteiger partial charge in [-0.2, -0.15) is 0 Å². The van der Waals surface area contributed by atoms with Crippen LogP contribution in [0.25, 0.3) is 10.8 Å². The van der Waals surface area contributed by atoms with Crippen molar-refractivity contribution in [2.75, 3.05) is 11.9 Å². The zero-order valence-corrected chi connectivity index (χ0v) is 17.6. The Balaban J connectivity index is 0.00000280. The van der Waals surface area contributed by atoms with E-state index in [1.165, 1.54) is 13.3 Å². The first-order valence-corrected chi connectivity index (χ1v) is 10.9. The van der Waals surface area contributed by atoms with Gasteiger partial charge in [0.2, 0.25) is 15.9 Å². The number of sulfonamides is 1. The fraction of sp³-hybridized carbons (Fsp3) is 0.450. The second kappa shape index (κ2) is 9.69. The summed E-state index contributed by atoms with van der Waals surface area (Å²) in [5.74, 6) is 0.0813. The maximum atomic E-state index is 13.1. The van der Waals surface area contributed by atoms with Crippen LogP contribution in [0, 0.1) is 5.92 Å². The van der Waals surface area contributed by atoms with E-state index < -0.39 is 10.0 Å². The molecule has 1 aliphatic rings. The lowest BCUT2D eigenvalue weighted by Gasteiger charge is -2.30. The molecule has 2 aromatic carbocycles. The Labute approximate surface area is 172 Å². The summed E-state index contributed by atoms with van der Waals surface area (Å²) in [4.78, 5) is 11.7. The van der Waals surface area contributed by atoms with Crippen LogP contribution >= 0.6 is 12.4 Å². The molecular formula is C20H28ClN3O3S. The average molecular weight is 426 g/mol. The second-order valence-corrected chi connectivity index (χ2v) is 8.88. The number of hydrogen-bond acceptors (Lipinski definition) is 4. The Morgan fingerprint density at radius 3 is 2.36 bits per heavy atom. The second-order valence-electron chi connectivity index (χ2n) is 7.20. The summed E-state index contributed by atoms with van der Waals surface area (Å²) in [5.41, 5.74) is 6.50.